The minimum atomic E-state index is 0.690. The maximum atomic E-state index is 3.55. The highest BCUT2D eigenvalue weighted by molar-refractivity contribution is 5.34. The molecule has 1 aromatic heterocycles. The number of aromatic nitrogens is 1. The van der Waals surface area contributed by atoms with Gasteiger partial charge >= 0.3 is 0 Å². The zero-order valence-electron chi connectivity index (χ0n) is 12.4. The highest BCUT2D eigenvalue weighted by Gasteiger charge is 2.50. The summed E-state index contributed by atoms with van der Waals surface area (Å²) in [4.78, 5) is 3.55. The van der Waals surface area contributed by atoms with Gasteiger partial charge in [-0.1, -0.05) is 0 Å². The number of aromatic amines is 1. The maximum absolute atomic E-state index is 3.55. The highest BCUT2D eigenvalue weighted by Crippen LogP contribution is 2.61. The molecule has 2 heterocycles. The fourth-order valence-electron chi connectivity index (χ4n) is 6.51. The van der Waals surface area contributed by atoms with E-state index in [1.807, 2.05) is 0 Å². The molecule has 1 aromatic rings. The predicted molar refractivity (Wildman–Crippen MR) is 80.5 cm³/mol. The lowest BCUT2D eigenvalue weighted by atomic mass is 9.48. The monoisotopic (exact) mass is 270 g/mol. The van der Waals surface area contributed by atoms with Crippen molar-refractivity contribution in [3.63, 3.8) is 0 Å². The number of hydrogen-bond donors (Lipinski definition) is 2. The van der Waals surface area contributed by atoms with E-state index in [0.717, 1.165) is 24.3 Å². The van der Waals surface area contributed by atoms with Gasteiger partial charge in [-0.3, -0.25) is 0 Å². The first-order valence-corrected chi connectivity index (χ1v) is 8.68. The molecule has 2 nitrogen and oxygen atoms in total. The smallest absolute Gasteiger partial charge is 0.0360 e. The van der Waals surface area contributed by atoms with Crippen LogP contribution in [-0.4, -0.2) is 11.5 Å². The van der Waals surface area contributed by atoms with Gasteiger partial charge in [-0.05, 0) is 92.2 Å². The first-order valence-electron chi connectivity index (χ1n) is 8.68. The van der Waals surface area contributed by atoms with E-state index in [4.69, 9.17) is 0 Å². The lowest BCUT2D eigenvalue weighted by Crippen LogP contribution is -2.47. The summed E-state index contributed by atoms with van der Waals surface area (Å²) in [6.07, 6.45) is 14.3. The van der Waals surface area contributed by atoms with Crippen molar-refractivity contribution >= 4 is 0 Å². The molecule has 0 saturated heterocycles. The normalized spacial score (nSPS) is 41.9. The molecule has 4 fully saturated rings. The summed E-state index contributed by atoms with van der Waals surface area (Å²) >= 11 is 0. The lowest BCUT2D eigenvalue weighted by Gasteiger charge is -2.57. The number of H-pyrrole nitrogens is 1. The van der Waals surface area contributed by atoms with Crippen LogP contribution in [0.2, 0.25) is 0 Å². The van der Waals surface area contributed by atoms with Gasteiger partial charge in [0.15, 0.2) is 0 Å². The molecule has 4 aliphatic carbocycles. The number of hydrogen-bond acceptors (Lipinski definition) is 1. The van der Waals surface area contributed by atoms with E-state index in [0.29, 0.717) is 5.41 Å². The number of nitrogens with one attached hydrogen (secondary N) is 2. The first-order chi connectivity index (χ1) is 9.80. The van der Waals surface area contributed by atoms with E-state index in [1.54, 1.807) is 30.4 Å². The van der Waals surface area contributed by atoms with Gasteiger partial charge in [0.05, 0.1) is 0 Å². The molecule has 0 spiro atoms. The molecule has 2 N–H and O–H groups in total. The summed E-state index contributed by atoms with van der Waals surface area (Å²) in [5, 5.41) is 3.48. The molecular weight excluding hydrogens is 244 g/mol. The molecule has 0 aromatic carbocycles. The first kappa shape index (κ1) is 11.9. The summed E-state index contributed by atoms with van der Waals surface area (Å²) in [6.45, 7) is 2.22. The minimum absolute atomic E-state index is 0.690. The molecule has 20 heavy (non-hydrogen) atoms. The Kier molecular flexibility index (Phi) is 2.45. The summed E-state index contributed by atoms with van der Waals surface area (Å²) in [5.41, 5.74) is 5.49. The highest BCUT2D eigenvalue weighted by atomic mass is 14.9. The Morgan fingerprint density at radius 3 is 2.45 bits per heavy atom. The van der Waals surface area contributed by atoms with Gasteiger partial charge in [0, 0.05) is 18.4 Å². The van der Waals surface area contributed by atoms with Crippen molar-refractivity contribution in [2.75, 3.05) is 6.54 Å². The molecule has 0 atom stereocenters. The summed E-state index contributed by atoms with van der Waals surface area (Å²) in [5.74, 6) is 3.24. The average Bonchev–Trinajstić information content (AvgIpc) is 2.80. The lowest BCUT2D eigenvalue weighted by molar-refractivity contribution is -0.0522. The van der Waals surface area contributed by atoms with E-state index in [1.165, 1.54) is 44.3 Å². The number of fused-ring (bicyclic) bond motifs is 1. The molecular formula is C18H26N2. The minimum Gasteiger partial charge on any atom is -0.363 e. The average molecular weight is 270 g/mol. The summed E-state index contributed by atoms with van der Waals surface area (Å²) in [7, 11) is 0. The van der Waals surface area contributed by atoms with Crippen LogP contribution >= 0.6 is 0 Å². The third-order valence-corrected chi connectivity index (χ3v) is 6.76. The van der Waals surface area contributed by atoms with E-state index < -0.39 is 0 Å². The van der Waals surface area contributed by atoms with E-state index >= 15 is 0 Å². The third-order valence-electron chi connectivity index (χ3n) is 6.76. The zero-order chi connectivity index (χ0) is 13.2. The molecule has 5 aliphatic rings. The van der Waals surface area contributed by atoms with E-state index in [2.05, 4.69) is 16.5 Å². The summed E-state index contributed by atoms with van der Waals surface area (Å²) in [6, 6.07) is 0. The van der Waals surface area contributed by atoms with Gasteiger partial charge in [0.2, 0.25) is 0 Å². The third kappa shape index (κ3) is 1.73. The topological polar surface area (TPSA) is 27.8 Å². The van der Waals surface area contributed by atoms with Crippen LogP contribution in [0.4, 0.5) is 0 Å². The van der Waals surface area contributed by atoms with Crippen LogP contribution in [0, 0.1) is 23.2 Å². The maximum Gasteiger partial charge on any atom is 0.0360 e. The summed E-state index contributed by atoms with van der Waals surface area (Å²) < 4.78 is 0. The van der Waals surface area contributed by atoms with Gasteiger partial charge in [0.25, 0.3) is 0 Å². The second-order valence-electron chi connectivity index (χ2n) is 8.29. The van der Waals surface area contributed by atoms with Crippen molar-refractivity contribution in [3.8, 4) is 0 Å². The second-order valence-corrected chi connectivity index (χ2v) is 8.29. The van der Waals surface area contributed by atoms with Gasteiger partial charge in [0.1, 0.15) is 0 Å². The van der Waals surface area contributed by atoms with Crippen LogP contribution in [0.25, 0.3) is 0 Å². The molecule has 0 unspecified atom stereocenters. The van der Waals surface area contributed by atoms with E-state index in [-0.39, 0.29) is 0 Å². The largest absolute Gasteiger partial charge is 0.363 e. The molecule has 1 aliphatic heterocycles. The van der Waals surface area contributed by atoms with Crippen molar-refractivity contribution in [2.24, 2.45) is 23.2 Å². The fourth-order valence-corrected chi connectivity index (χ4v) is 6.51. The Bertz CT molecular complexity index is 492. The van der Waals surface area contributed by atoms with Crippen LogP contribution in [0.3, 0.4) is 0 Å². The van der Waals surface area contributed by atoms with Crippen LogP contribution in [0.5, 0.6) is 0 Å². The van der Waals surface area contributed by atoms with Crippen LogP contribution < -0.4 is 5.32 Å². The van der Waals surface area contributed by atoms with Crippen molar-refractivity contribution in [1.82, 2.24) is 10.3 Å². The molecule has 4 saturated carbocycles. The Labute approximate surface area is 121 Å². The second kappa shape index (κ2) is 4.13. The van der Waals surface area contributed by atoms with Gasteiger partial charge < -0.3 is 10.3 Å². The van der Waals surface area contributed by atoms with Gasteiger partial charge in [-0.25, -0.2) is 0 Å². The predicted octanol–water partition coefficient (Wildman–Crippen LogP) is 3.42. The molecule has 4 bridgehead atoms. The SMILES string of the molecule is c1[nH]c2c(c1CC13CC4CC(CC(C4)C1)C3)CCNC2. The molecule has 6 rings (SSSR count). The fraction of sp³-hybridized carbons (Fsp3) is 0.778. The molecule has 108 valence electrons. The van der Waals surface area contributed by atoms with Crippen LogP contribution in [0.15, 0.2) is 6.20 Å². The zero-order valence-corrected chi connectivity index (χ0v) is 12.4. The molecule has 0 amide bonds. The van der Waals surface area contributed by atoms with Crippen molar-refractivity contribution in [1.29, 1.82) is 0 Å². The molecule has 2 heteroatoms. The van der Waals surface area contributed by atoms with Gasteiger partial charge in [-0.15, -0.1) is 0 Å². The Morgan fingerprint density at radius 1 is 1.05 bits per heavy atom. The Morgan fingerprint density at radius 2 is 1.75 bits per heavy atom. The quantitative estimate of drug-likeness (QED) is 0.847. The van der Waals surface area contributed by atoms with Crippen LogP contribution in [0.1, 0.15) is 55.3 Å². The van der Waals surface area contributed by atoms with E-state index in [9.17, 15) is 0 Å². The van der Waals surface area contributed by atoms with Crippen molar-refractivity contribution in [2.45, 2.75) is 57.9 Å². The molecule has 0 radical (unpaired) electrons. The Hall–Kier alpha value is -0.760. The number of rotatable bonds is 2. The standard InChI is InChI=1S/C18H26N2/c1-2-19-11-17-16(1)15(10-20-17)9-18-6-12-3-13(7-18)5-14(4-12)8-18/h10,12-14,19-20H,1-9,11H2. The van der Waals surface area contributed by atoms with Crippen molar-refractivity contribution in [3.05, 3.63) is 23.0 Å². The van der Waals surface area contributed by atoms with Crippen LogP contribution in [-0.2, 0) is 19.4 Å². The van der Waals surface area contributed by atoms with Gasteiger partial charge in [-0.2, -0.15) is 0 Å². The van der Waals surface area contributed by atoms with Crippen molar-refractivity contribution < 1.29 is 0 Å². The Balaban J connectivity index is 1.45.